The Kier molecular flexibility index (Phi) is 5.23. The number of rotatable bonds is 5. The normalized spacial score (nSPS) is 11.7. The highest BCUT2D eigenvalue weighted by molar-refractivity contribution is 5.89. The number of carboxylic acids is 1. The smallest absolute Gasteiger partial charge is 0.319 e. The van der Waals surface area contributed by atoms with Gasteiger partial charge in [-0.2, -0.15) is 0 Å². The van der Waals surface area contributed by atoms with Gasteiger partial charge in [0.1, 0.15) is 11.6 Å². The summed E-state index contributed by atoms with van der Waals surface area (Å²) in [5.41, 5.74) is -0.0135. The van der Waals surface area contributed by atoms with Crippen LogP contribution in [0.3, 0.4) is 0 Å². The van der Waals surface area contributed by atoms with Gasteiger partial charge in [-0.1, -0.05) is 0 Å². The highest BCUT2D eigenvalue weighted by atomic mass is 19.1. The van der Waals surface area contributed by atoms with E-state index in [0.29, 0.717) is 6.07 Å². The highest BCUT2D eigenvalue weighted by Crippen LogP contribution is 2.12. The molecule has 0 radical (unpaired) electrons. The predicted molar refractivity (Wildman–Crippen MR) is 64.8 cm³/mol. The Morgan fingerprint density at radius 1 is 1.26 bits per heavy atom. The van der Waals surface area contributed by atoms with Crippen LogP contribution in [0.2, 0.25) is 0 Å². The summed E-state index contributed by atoms with van der Waals surface area (Å²) in [5, 5.41) is 13.2. The summed E-state index contributed by atoms with van der Waals surface area (Å²) in [4.78, 5) is 21.8. The quantitative estimate of drug-likeness (QED) is 0.769. The Morgan fingerprint density at radius 3 is 2.37 bits per heavy atom. The number of carboxylic acid groups (broad SMARTS) is 1. The minimum Gasteiger partial charge on any atom is -0.481 e. The van der Waals surface area contributed by atoms with Crippen LogP contribution in [0.4, 0.5) is 19.3 Å². The molecular formula is C12H14F2N2O3. The minimum atomic E-state index is -0.957. The van der Waals surface area contributed by atoms with Crippen LogP contribution in [0.5, 0.6) is 0 Å². The first kappa shape index (κ1) is 14.9. The van der Waals surface area contributed by atoms with E-state index in [9.17, 15) is 18.4 Å². The van der Waals surface area contributed by atoms with E-state index in [-0.39, 0.29) is 24.6 Å². The van der Waals surface area contributed by atoms with Crippen molar-refractivity contribution < 1.29 is 23.5 Å². The Morgan fingerprint density at radius 2 is 1.84 bits per heavy atom. The van der Waals surface area contributed by atoms with Crippen molar-refractivity contribution in [3.8, 4) is 0 Å². The van der Waals surface area contributed by atoms with Gasteiger partial charge >= 0.3 is 12.0 Å². The Balaban J connectivity index is 2.48. The summed E-state index contributed by atoms with van der Waals surface area (Å²) in [6.45, 7) is 1.63. The third-order valence-electron chi connectivity index (χ3n) is 2.29. The summed E-state index contributed by atoms with van der Waals surface area (Å²) in [7, 11) is 0. The van der Waals surface area contributed by atoms with E-state index in [0.717, 1.165) is 12.1 Å². The molecule has 0 fully saturated rings. The van der Waals surface area contributed by atoms with Gasteiger partial charge in [-0.3, -0.25) is 4.79 Å². The molecule has 104 valence electrons. The number of halogens is 2. The van der Waals surface area contributed by atoms with E-state index in [1.807, 2.05) is 0 Å². The Labute approximate surface area is 108 Å². The first-order valence-corrected chi connectivity index (χ1v) is 5.62. The zero-order valence-electron chi connectivity index (χ0n) is 10.2. The molecule has 3 N–H and O–H groups in total. The third kappa shape index (κ3) is 5.80. The fourth-order valence-electron chi connectivity index (χ4n) is 1.43. The second-order valence-electron chi connectivity index (χ2n) is 4.09. The lowest BCUT2D eigenvalue weighted by atomic mass is 10.2. The number of aliphatic carboxylic acids is 1. The van der Waals surface area contributed by atoms with Gasteiger partial charge in [0.15, 0.2) is 0 Å². The molecule has 7 heteroatoms. The number of carbonyl (C=O) groups is 2. The topological polar surface area (TPSA) is 78.4 Å². The average Bonchev–Trinajstić information content (AvgIpc) is 2.24. The van der Waals surface area contributed by atoms with Crippen LogP contribution in [0.25, 0.3) is 0 Å². The van der Waals surface area contributed by atoms with E-state index in [1.54, 1.807) is 6.92 Å². The Hall–Kier alpha value is -2.18. The second kappa shape index (κ2) is 6.67. The lowest BCUT2D eigenvalue weighted by Crippen LogP contribution is -2.36. The van der Waals surface area contributed by atoms with Crippen LogP contribution < -0.4 is 10.6 Å². The summed E-state index contributed by atoms with van der Waals surface area (Å²) in [6, 6.07) is 1.63. The van der Waals surface area contributed by atoms with Gasteiger partial charge in [-0.05, 0) is 25.5 Å². The van der Waals surface area contributed by atoms with Crippen molar-refractivity contribution in [2.24, 2.45) is 0 Å². The fraction of sp³-hybridized carbons (Fsp3) is 0.333. The fourth-order valence-corrected chi connectivity index (χ4v) is 1.43. The van der Waals surface area contributed by atoms with Crippen molar-refractivity contribution >= 4 is 17.7 Å². The lowest BCUT2D eigenvalue weighted by Gasteiger charge is -2.13. The number of nitrogens with one attached hydrogen (secondary N) is 2. The molecule has 1 aromatic carbocycles. The molecule has 2 amide bonds. The lowest BCUT2D eigenvalue weighted by molar-refractivity contribution is -0.137. The maximum absolute atomic E-state index is 12.9. The SMILES string of the molecule is CC(CCC(=O)O)NC(=O)Nc1cc(F)cc(F)c1. The molecule has 0 spiro atoms. The zero-order chi connectivity index (χ0) is 14.4. The second-order valence-corrected chi connectivity index (χ2v) is 4.09. The molecule has 0 bridgehead atoms. The highest BCUT2D eigenvalue weighted by Gasteiger charge is 2.10. The van der Waals surface area contributed by atoms with Crippen molar-refractivity contribution in [3.63, 3.8) is 0 Å². The molecule has 0 aliphatic heterocycles. The summed E-state index contributed by atoms with van der Waals surface area (Å²) in [5.74, 6) is -2.55. The van der Waals surface area contributed by atoms with Crippen LogP contribution >= 0.6 is 0 Å². The van der Waals surface area contributed by atoms with Crippen molar-refractivity contribution in [2.45, 2.75) is 25.8 Å². The van der Waals surface area contributed by atoms with Crippen LogP contribution in [-0.2, 0) is 4.79 Å². The van der Waals surface area contributed by atoms with Crippen LogP contribution in [-0.4, -0.2) is 23.1 Å². The molecule has 0 aliphatic rings. The van der Waals surface area contributed by atoms with Gasteiger partial charge in [0.05, 0.1) is 0 Å². The largest absolute Gasteiger partial charge is 0.481 e. The first-order chi connectivity index (χ1) is 8.86. The molecule has 0 saturated heterocycles. The zero-order valence-corrected chi connectivity index (χ0v) is 10.2. The standard InChI is InChI=1S/C12H14F2N2O3/c1-7(2-3-11(17)18)15-12(19)16-10-5-8(13)4-9(14)6-10/h4-7H,2-3H2,1H3,(H,17,18)(H2,15,16,19). The maximum Gasteiger partial charge on any atom is 0.319 e. The molecule has 1 rings (SSSR count). The van der Waals surface area contributed by atoms with Gasteiger partial charge in [0.2, 0.25) is 0 Å². The molecule has 1 aromatic rings. The molecule has 1 atom stereocenters. The molecule has 0 aliphatic carbocycles. The number of hydrogen-bond acceptors (Lipinski definition) is 2. The number of anilines is 1. The van der Waals surface area contributed by atoms with Crippen LogP contribution in [0.1, 0.15) is 19.8 Å². The monoisotopic (exact) mass is 272 g/mol. The molecule has 1 unspecified atom stereocenters. The van der Waals surface area contributed by atoms with Gasteiger partial charge in [0, 0.05) is 24.2 Å². The van der Waals surface area contributed by atoms with Gasteiger partial charge in [0.25, 0.3) is 0 Å². The van der Waals surface area contributed by atoms with Crippen molar-refractivity contribution in [1.29, 1.82) is 0 Å². The molecule has 5 nitrogen and oxygen atoms in total. The van der Waals surface area contributed by atoms with Gasteiger partial charge in [-0.15, -0.1) is 0 Å². The number of benzene rings is 1. The van der Waals surface area contributed by atoms with Gasteiger partial charge < -0.3 is 15.7 Å². The number of carbonyl (C=O) groups excluding carboxylic acids is 1. The van der Waals surface area contributed by atoms with Crippen LogP contribution in [0, 0.1) is 11.6 Å². The average molecular weight is 272 g/mol. The van der Waals surface area contributed by atoms with E-state index < -0.39 is 23.6 Å². The van der Waals surface area contributed by atoms with E-state index in [1.165, 1.54) is 0 Å². The molecular weight excluding hydrogens is 258 g/mol. The summed E-state index contributed by atoms with van der Waals surface area (Å²) >= 11 is 0. The van der Waals surface area contributed by atoms with E-state index in [4.69, 9.17) is 5.11 Å². The minimum absolute atomic E-state index is 0.0135. The maximum atomic E-state index is 12.9. The first-order valence-electron chi connectivity index (χ1n) is 5.62. The number of amides is 2. The summed E-state index contributed by atoms with van der Waals surface area (Å²) in [6.07, 6.45) is 0.191. The molecule has 0 heterocycles. The number of urea groups is 1. The number of hydrogen-bond donors (Lipinski definition) is 3. The molecule has 0 saturated carbocycles. The summed E-state index contributed by atoms with van der Waals surface area (Å²) < 4.78 is 25.7. The van der Waals surface area contributed by atoms with Crippen molar-refractivity contribution in [3.05, 3.63) is 29.8 Å². The third-order valence-corrected chi connectivity index (χ3v) is 2.29. The van der Waals surface area contributed by atoms with Crippen molar-refractivity contribution in [2.75, 3.05) is 5.32 Å². The van der Waals surface area contributed by atoms with E-state index >= 15 is 0 Å². The van der Waals surface area contributed by atoms with Crippen LogP contribution in [0.15, 0.2) is 18.2 Å². The van der Waals surface area contributed by atoms with E-state index in [2.05, 4.69) is 10.6 Å². The predicted octanol–water partition coefficient (Wildman–Crippen LogP) is 2.34. The van der Waals surface area contributed by atoms with Crippen molar-refractivity contribution in [1.82, 2.24) is 5.32 Å². The van der Waals surface area contributed by atoms with Gasteiger partial charge in [-0.25, -0.2) is 13.6 Å². The molecule has 19 heavy (non-hydrogen) atoms. The Bertz CT molecular complexity index is 460. The molecule has 0 aromatic heterocycles.